The van der Waals surface area contributed by atoms with E-state index in [4.69, 9.17) is 10.2 Å². The molecule has 1 aromatic rings. The van der Waals surface area contributed by atoms with Crippen molar-refractivity contribution in [3.05, 3.63) is 26.5 Å². The molecule has 0 aromatic carbocycles. The quantitative estimate of drug-likeness (QED) is 0.397. The highest BCUT2D eigenvalue weighted by atomic mass is 16.6. The Morgan fingerprint density at radius 3 is 2.50 bits per heavy atom. The molecule has 0 fully saturated rings. The third-order valence-electron chi connectivity index (χ3n) is 1.16. The number of hydrogen-bond donors (Lipinski definition) is 3. The van der Waals surface area contributed by atoms with Crippen LogP contribution in [0.25, 0.3) is 0 Å². The van der Waals surface area contributed by atoms with E-state index >= 15 is 0 Å². The first kappa shape index (κ1) is 8.05. The summed E-state index contributed by atoms with van der Waals surface area (Å²) in [4.78, 5) is 21.4. The molecule has 1 heterocycles. The van der Waals surface area contributed by atoms with E-state index in [1.807, 2.05) is 0 Å². The van der Waals surface area contributed by atoms with Gasteiger partial charge in [-0.3, -0.25) is 19.9 Å². The van der Waals surface area contributed by atoms with Gasteiger partial charge in [-0.2, -0.15) is 0 Å². The second kappa shape index (κ2) is 2.53. The summed E-state index contributed by atoms with van der Waals surface area (Å²) in [5.74, 6) is -1.81. The molecular formula is C5H4N2O5. The number of aromatic nitrogens is 1. The van der Waals surface area contributed by atoms with E-state index in [-0.39, 0.29) is 0 Å². The van der Waals surface area contributed by atoms with Crippen molar-refractivity contribution in [1.82, 2.24) is 4.98 Å². The molecule has 0 atom stereocenters. The van der Waals surface area contributed by atoms with E-state index < -0.39 is 27.8 Å². The van der Waals surface area contributed by atoms with Gasteiger partial charge in [0.25, 0.3) is 11.4 Å². The van der Waals surface area contributed by atoms with Crippen LogP contribution >= 0.6 is 0 Å². The highest BCUT2D eigenvalue weighted by Gasteiger charge is 2.20. The summed E-state index contributed by atoms with van der Waals surface area (Å²) < 4.78 is 0. The molecule has 0 saturated heterocycles. The Hall–Kier alpha value is -2.05. The molecule has 7 heteroatoms. The molecule has 0 aliphatic rings. The van der Waals surface area contributed by atoms with Crippen molar-refractivity contribution in [2.45, 2.75) is 0 Å². The molecule has 3 N–H and O–H groups in total. The fraction of sp³-hybridized carbons (Fsp3) is 0. The maximum Gasteiger partial charge on any atom is 0.370 e. The lowest BCUT2D eigenvalue weighted by molar-refractivity contribution is -0.387. The van der Waals surface area contributed by atoms with E-state index in [0.717, 1.165) is 0 Å². The van der Waals surface area contributed by atoms with Crippen LogP contribution in [0.4, 0.5) is 5.69 Å². The van der Waals surface area contributed by atoms with Gasteiger partial charge in [0, 0.05) is 0 Å². The van der Waals surface area contributed by atoms with Gasteiger partial charge in [0.15, 0.2) is 0 Å². The molecule has 7 nitrogen and oxygen atoms in total. The third kappa shape index (κ3) is 1.19. The van der Waals surface area contributed by atoms with Crippen molar-refractivity contribution >= 4 is 5.69 Å². The van der Waals surface area contributed by atoms with Gasteiger partial charge in [-0.1, -0.05) is 0 Å². The number of nitro groups is 1. The van der Waals surface area contributed by atoms with Crippen LogP contribution in [0, 0.1) is 10.1 Å². The summed E-state index contributed by atoms with van der Waals surface area (Å²) in [6.45, 7) is 0. The Bertz CT molecular complexity index is 356. The van der Waals surface area contributed by atoms with E-state index in [1.165, 1.54) is 0 Å². The van der Waals surface area contributed by atoms with Crippen molar-refractivity contribution in [3.8, 4) is 11.6 Å². The smallest absolute Gasteiger partial charge is 0.370 e. The lowest BCUT2D eigenvalue weighted by Gasteiger charge is -1.95. The molecule has 0 radical (unpaired) electrons. The Morgan fingerprint density at radius 2 is 2.08 bits per heavy atom. The van der Waals surface area contributed by atoms with Gasteiger partial charge in [0.1, 0.15) is 0 Å². The topological polar surface area (TPSA) is 116 Å². The summed E-state index contributed by atoms with van der Waals surface area (Å²) in [7, 11) is 0. The Balaban J connectivity index is 3.48. The number of aromatic amines is 1. The number of pyridine rings is 1. The lowest BCUT2D eigenvalue weighted by atomic mass is 10.4. The van der Waals surface area contributed by atoms with Gasteiger partial charge in [-0.15, -0.1) is 0 Å². The minimum absolute atomic E-state index is 0.609. The fourth-order valence-electron chi connectivity index (χ4n) is 0.706. The highest BCUT2D eigenvalue weighted by Crippen LogP contribution is 2.30. The summed E-state index contributed by atoms with van der Waals surface area (Å²) >= 11 is 0. The first-order chi connectivity index (χ1) is 5.52. The maximum absolute atomic E-state index is 10.5. The Labute approximate surface area is 65.1 Å². The third-order valence-corrected chi connectivity index (χ3v) is 1.16. The summed E-state index contributed by atoms with van der Waals surface area (Å²) in [6.07, 6.45) is 0. The standard InChI is InChI=1S/C5H4N2O5/c8-2-1-3(9)6-5(10)4(2)7(11)12/h1H,(H3,6,8,9,10). The largest absolute Gasteiger partial charge is 0.502 e. The molecule has 1 rings (SSSR count). The number of hydrogen-bond acceptors (Lipinski definition) is 5. The molecule has 0 spiro atoms. The summed E-state index contributed by atoms with van der Waals surface area (Å²) in [5, 5.41) is 27.7. The van der Waals surface area contributed by atoms with Crippen LogP contribution in [0.2, 0.25) is 0 Å². The van der Waals surface area contributed by atoms with Gasteiger partial charge in [0.2, 0.25) is 5.75 Å². The fourth-order valence-corrected chi connectivity index (χ4v) is 0.706. The SMILES string of the molecule is O=c1cc(O)c([N+](=O)[O-])c(O)[nH]1. The minimum atomic E-state index is -0.999. The number of H-pyrrole nitrogens is 1. The van der Waals surface area contributed by atoms with Gasteiger partial charge in [-0.25, -0.2) is 0 Å². The Morgan fingerprint density at radius 1 is 1.50 bits per heavy atom. The normalized spacial score (nSPS) is 9.67. The van der Waals surface area contributed by atoms with Gasteiger partial charge in [0.05, 0.1) is 11.0 Å². The zero-order valence-corrected chi connectivity index (χ0v) is 5.64. The monoisotopic (exact) mass is 172 g/mol. The van der Waals surface area contributed by atoms with E-state index in [2.05, 4.69) is 0 Å². The molecule has 0 amide bonds. The van der Waals surface area contributed by atoms with Crippen LogP contribution in [-0.2, 0) is 0 Å². The first-order valence-electron chi connectivity index (χ1n) is 2.82. The second-order valence-electron chi connectivity index (χ2n) is 1.97. The summed E-state index contributed by atoms with van der Waals surface area (Å²) in [5.41, 5.74) is -1.72. The number of nitrogens with one attached hydrogen (secondary N) is 1. The zero-order chi connectivity index (χ0) is 9.30. The number of nitrogens with zero attached hydrogens (tertiary/aromatic N) is 1. The summed E-state index contributed by atoms with van der Waals surface area (Å²) in [6, 6.07) is 0.609. The molecule has 64 valence electrons. The van der Waals surface area contributed by atoms with Crippen molar-refractivity contribution in [3.63, 3.8) is 0 Å². The molecular weight excluding hydrogens is 168 g/mol. The van der Waals surface area contributed by atoms with E-state index in [9.17, 15) is 14.9 Å². The van der Waals surface area contributed by atoms with Crippen LogP contribution < -0.4 is 5.56 Å². The average Bonchev–Trinajstić information content (AvgIpc) is 1.82. The van der Waals surface area contributed by atoms with Crippen molar-refractivity contribution in [2.75, 3.05) is 0 Å². The lowest BCUT2D eigenvalue weighted by Crippen LogP contribution is -2.04. The van der Waals surface area contributed by atoms with Crippen LogP contribution in [0.1, 0.15) is 0 Å². The molecule has 1 aromatic heterocycles. The second-order valence-corrected chi connectivity index (χ2v) is 1.97. The van der Waals surface area contributed by atoms with Gasteiger partial charge in [-0.05, 0) is 0 Å². The average molecular weight is 172 g/mol. The molecule has 12 heavy (non-hydrogen) atoms. The van der Waals surface area contributed by atoms with Gasteiger partial charge >= 0.3 is 5.69 Å². The predicted octanol–water partition coefficient (Wildman–Crippen LogP) is -0.306. The zero-order valence-electron chi connectivity index (χ0n) is 5.64. The maximum atomic E-state index is 10.5. The molecule has 0 bridgehead atoms. The van der Waals surface area contributed by atoms with Crippen molar-refractivity contribution in [2.24, 2.45) is 0 Å². The Kier molecular flexibility index (Phi) is 1.70. The molecule has 0 aliphatic carbocycles. The van der Waals surface area contributed by atoms with Crippen LogP contribution in [0.3, 0.4) is 0 Å². The van der Waals surface area contributed by atoms with E-state index in [0.29, 0.717) is 6.07 Å². The highest BCUT2D eigenvalue weighted by molar-refractivity contribution is 5.51. The molecule has 0 aliphatic heterocycles. The van der Waals surface area contributed by atoms with Crippen molar-refractivity contribution in [1.29, 1.82) is 0 Å². The first-order valence-corrected chi connectivity index (χ1v) is 2.82. The van der Waals surface area contributed by atoms with Crippen LogP contribution in [-0.4, -0.2) is 20.1 Å². The van der Waals surface area contributed by atoms with E-state index in [1.54, 1.807) is 4.98 Å². The van der Waals surface area contributed by atoms with Gasteiger partial charge < -0.3 is 10.2 Å². The molecule has 0 unspecified atom stereocenters. The number of aromatic hydroxyl groups is 2. The van der Waals surface area contributed by atoms with Crippen LogP contribution in [0.5, 0.6) is 11.6 Å². The van der Waals surface area contributed by atoms with Crippen molar-refractivity contribution < 1.29 is 15.1 Å². The minimum Gasteiger partial charge on any atom is -0.502 e. The molecule has 0 saturated carbocycles. The predicted molar refractivity (Wildman–Crippen MR) is 37.0 cm³/mol. The number of rotatable bonds is 1. The van der Waals surface area contributed by atoms with Crippen LogP contribution in [0.15, 0.2) is 10.9 Å².